The summed E-state index contributed by atoms with van der Waals surface area (Å²) < 4.78 is 0. The van der Waals surface area contributed by atoms with Gasteiger partial charge in [-0.1, -0.05) is 17.9 Å². The minimum absolute atomic E-state index is 0.0463. The van der Waals surface area contributed by atoms with E-state index in [0.717, 1.165) is 10.4 Å². The second-order valence-electron chi connectivity index (χ2n) is 4.10. The molecule has 0 fully saturated rings. The third kappa shape index (κ3) is 3.67. The molecule has 0 spiro atoms. The Hall–Kier alpha value is -2.16. The number of aromatic nitrogens is 1. The molecular formula is C15H14N2O2S. The zero-order valence-corrected chi connectivity index (χ0v) is 11.8. The Morgan fingerprint density at radius 3 is 3.15 bits per heavy atom. The molecule has 2 rings (SSSR count). The van der Waals surface area contributed by atoms with Crippen LogP contribution < -0.4 is 5.32 Å². The average molecular weight is 286 g/mol. The number of thiophene rings is 1. The van der Waals surface area contributed by atoms with Crippen molar-refractivity contribution in [2.75, 3.05) is 11.9 Å². The largest absolute Gasteiger partial charge is 0.395 e. The molecule has 0 saturated heterocycles. The molecule has 0 bridgehead atoms. The smallest absolute Gasteiger partial charge is 0.257 e. The number of amides is 1. The normalized spacial score (nSPS) is 9.70. The number of anilines is 1. The number of aryl methyl sites for hydroxylation is 1. The van der Waals surface area contributed by atoms with Crippen molar-refractivity contribution in [3.63, 3.8) is 0 Å². The van der Waals surface area contributed by atoms with Gasteiger partial charge in [-0.25, -0.2) is 4.98 Å². The van der Waals surface area contributed by atoms with E-state index in [1.165, 1.54) is 11.3 Å². The van der Waals surface area contributed by atoms with Gasteiger partial charge in [0.15, 0.2) is 0 Å². The summed E-state index contributed by atoms with van der Waals surface area (Å²) in [7, 11) is 0. The van der Waals surface area contributed by atoms with E-state index >= 15 is 0 Å². The van der Waals surface area contributed by atoms with Crippen LogP contribution >= 0.6 is 11.3 Å². The molecule has 5 heteroatoms. The summed E-state index contributed by atoms with van der Waals surface area (Å²) in [6.07, 6.45) is 2.08. The lowest BCUT2D eigenvalue weighted by Crippen LogP contribution is -2.12. The quantitative estimate of drug-likeness (QED) is 0.852. The van der Waals surface area contributed by atoms with Gasteiger partial charge in [0, 0.05) is 18.0 Å². The van der Waals surface area contributed by atoms with Crippen LogP contribution in [0.15, 0.2) is 29.8 Å². The minimum Gasteiger partial charge on any atom is -0.395 e. The molecule has 2 heterocycles. The van der Waals surface area contributed by atoms with Crippen LogP contribution in [0.25, 0.3) is 0 Å². The number of carbonyl (C=O) groups excluding carboxylic acids is 1. The van der Waals surface area contributed by atoms with Crippen molar-refractivity contribution in [3.05, 3.63) is 45.8 Å². The van der Waals surface area contributed by atoms with Crippen LogP contribution in [-0.2, 0) is 0 Å². The molecule has 1 amide bonds. The highest BCUT2D eigenvalue weighted by atomic mass is 32.1. The molecule has 2 N–H and O–H groups in total. The monoisotopic (exact) mass is 286 g/mol. The number of nitrogens with zero attached hydrogens (tertiary/aromatic N) is 1. The fourth-order valence-corrected chi connectivity index (χ4v) is 2.28. The van der Waals surface area contributed by atoms with Crippen LogP contribution in [0, 0.1) is 18.8 Å². The Bertz CT molecular complexity index is 668. The van der Waals surface area contributed by atoms with Gasteiger partial charge >= 0.3 is 0 Å². The molecule has 0 aliphatic carbocycles. The molecule has 20 heavy (non-hydrogen) atoms. The van der Waals surface area contributed by atoms with Gasteiger partial charge in [0.05, 0.1) is 17.0 Å². The lowest BCUT2D eigenvalue weighted by molar-refractivity contribution is 0.102. The molecule has 0 unspecified atom stereocenters. The van der Waals surface area contributed by atoms with Crippen LogP contribution in [0.5, 0.6) is 0 Å². The van der Waals surface area contributed by atoms with E-state index < -0.39 is 0 Å². The summed E-state index contributed by atoms with van der Waals surface area (Å²) in [6, 6.07) is 5.45. The first kappa shape index (κ1) is 14.3. The number of hydrogen-bond acceptors (Lipinski definition) is 4. The number of rotatable bonds is 3. The first-order valence-corrected chi connectivity index (χ1v) is 7.00. The molecule has 0 aliphatic heterocycles. The molecule has 2 aromatic heterocycles. The van der Waals surface area contributed by atoms with E-state index in [-0.39, 0.29) is 12.5 Å². The predicted molar refractivity (Wildman–Crippen MR) is 79.8 cm³/mol. The number of pyridine rings is 1. The lowest BCUT2D eigenvalue weighted by atomic mass is 10.2. The number of hydrogen-bond donors (Lipinski definition) is 2. The van der Waals surface area contributed by atoms with Gasteiger partial charge < -0.3 is 10.4 Å². The minimum atomic E-state index is -0.196. The SMILES string of the molecule is Cc1cccnc1NC(=O)c1csc(C#CCCO)c1. The van der Waals surface area contributed by atoms with Crippen LogP contribution in [-0.4, -0.2) is 22.6 Å². The lowest BCUT2D eigenvalue weighted by Gasteiger charge is -2.05. The third-order valence-corrected chi connectivity index (χ3v) is 3.40. The van der Waals surface area contributed by atoms with Gasteiger partial charge in [-0.05, 0) is 24.6 Å². The standard InChI is InChI=1S/C15H14N2O2S/c1-11-5-4-7-16-14(11)17-15(19)12-9-13(20-10-12)6-2-3-8-18/h4-5,7,9-10,18H,3,8H2,1H3,(H,16,17,19). The molecular weight excluding hydrogens is 272 g/mol. The van der Waals surface area contributed by atoms with Gasteiger partial charge in [-0.2, -0.15) is 0 Å². The van der Waals surface area contributed by atoms with E-state index in [1.807, 2.05) is 19.1 Å². The van der Waals surface area contributed by atoms with E-state index in [2.05, 4.69) is 22.1 Å². The Kier molecular flexibility index (Phi) is 4.88. The average Bonchev–Trinajstić information content (AvgIpc) is 2.91. The van der Waals surface area contributed by atoms with E-state index in [9.17, 15) is 4.79 Å². The highest BCUT2D eigenvalue weighted by molar-refractivity contribution is 7.10. The maximum atomic E-state index is 12.1. The summed E-state index contributed by atoms with van der Waals surface area (Å²) in [6.45, 7) is 1.94. The second kappa shape index (κ2) is 6.85. The molecule has 0 aliphatic rings. The topological polar surface area (TPSA) is 62.2 Å². The maximum Gasteiger partial charge on any atom is 0.257 e. The van der Waals surface area contributed by atoms with Gasteiger partial charge in [-0.3, -0.25) is 4.79 Å². The molecule has 2 aromatic rings. The Balaban J connectivity index is 2.07. The Morgan fingerprint density at radius 2 is 2.40 bits per heavy atom. The van der Waals surface area contributed by atoms with Crippen molar-refractivity contribution in [2.24, 2.45) is 0 Å². The second-order valence-corrected chi connectivity index (χ2v) is 5.01. The van der Waals surface area contributed by atoms with E-state index in [4.69, 9.17) is 5.11 Å². The summed E-state index contributed by atoms with van der Waals surface area (Å²) in [5, 5.41) is 13.2. The van der Waals surface area contributed by atoms with Crippen molar-refractivity contribution in [2.45, 2.75) is 13.3 Å². The number of nitrogens with one attached hydrogen (secondary N) is 1. The zero-order valence-electron chi connectivity index (χ0n) is 11.0. The first-order chi connectivity index (χ1) is 9.70. The van der Waals surface area contributed by atoms with Gasteiger partial charge in [0.25, 0.3) is 5.91 Å². The summed E-state index contributed by atoms with van der Waals surface area (Å²) >= 11 is 1.41. The highest BCUT2D eigenvalue weighted by Crippen LogP contribution is 2.16. The van der Waals surface area contributed by atoms with Crippen molar-refractivity contribution >= 4 is 23.1 Å². The van der Waals surface area contributed by atoms with E-state index in [0.29, 0.717) is 17.8 Å². The van der Waals surface area contributed by atoms with Crippen LogP contribution in [0.3, 0.4) is 0 Å². The van der Waals surface area contributed by atoms with Crippen molar-refractivity contribution in [3.8, 4) is 11.8 Å². The van der Waals surface area contributed by atoms with Crippen LogP contribution in [0.4, 0.5) is 5.82 Å². The van der Waals surface area contributed by atoms with Crippen LogP contribution in [0.1, 0.15) is 27.2 Å². The third-order valence-electron chi connectivity index (χ3n) is 2.55. The zero-order chi connectivity index (χ0) is 14.4. The van der Waals surface area contributed by atoms with Crippen LogP contribution in [0.2, 0.25) is 0 Å². The maximum absolute atomic E-state index is 12.1. The highest BCUT2D eigenvalue weighted by Gasteiger charge is 2.10. The van der Waals surface area contributed by atoms with Crippen molar-refractivity contribution in [1.82, 2.24) is 4.98 Å². The van der Waals surface area contributed by atoms with Gasteiger partial charge in [0.1, 0.15) is 5.82 Å². The molecule has 102 valence electrons. The molecule has 4 nitrogen and oxygen atoms in total. The molecule has 0 radical (unpaired) electrons. The number of carbonyl (C=O) groups is 1. The van der Waals surface area contributed by atoms with E-state index in [1.54, 1.807) is 17.6 Å². The molecule has 0 aromatic carbocycles. The fraction of sp³-hybridized carbons (Fsp3) is 0.200. The van der Waals surface area contributed by atoms with Crippen molar-refractivity contribution < 1.29 is 9.90 Å². The van der Waals surface area contributed by atoms with Crippen molar-refractivity contribution in [1.29, 1.82) is 0 Å². The molecule has 0 atom stereocenters. The van der Waals surface area contributed by atoms with Gasteiger partial charge in [-0.15, -0.1) is 11.3 Å². The fourth-order valence-electron chi connectivity index (χ4n) is 1.52. The number of aliphatic hydroxyl groups is 1. The first-order valence-electron chi connectivity index (χ1n) is 6.12. The van der Waals surface area contributed by atoms with Gasteiger partial charge in [0.2, 0.25) is 0 Å². The molecule has 0 saturated carbocycles. The summed E-state index contributed by atoms with van der Waals surface area (Å²) in [5.41, 5.74) is 1.48. The Morgan fingerprint density at radius 1 is 1.55 bits per heavy atom. The number of aliphatic hydroxyl groups excluding tert-OH is 1. The summed E-state index contributed by atoms with van der Waals surface area (Å²) in [4.78, 5) is 17.0. The predicted octanol–water partition coefficient (Wildman–Crippen LogP) is 2.44. The summed E-state index contributed by atoms with van der Waals surface area (Å²) in [5.74, 6) is 6.11. The Labute approximate surface area is 121 Å².